The molecule has 0 unspecified atom stereocenters. The summed E-state index contributed by atoms with van der Waals surface area (Å²) in [5.74, 6) is -1.58. The highest BCUT2D eigenvalue weighted by molar-refractivity contribution is 7.54. The molecule has 0 bridgehead atoms. The third kappa shape index (κ3) is 4.62. The van der Waals surface area contributed by atoms with Crippen molar-refractivity contribution in [2.75, 3.05) is 14.2 Å². The zero-order valence-electron chi connectivity index (χ0n) is 16.6. The minimum atomic E-state index is -3.81. The van der Waals surface area contributed by atoms with Crippen LogP contribution in [-0.2, 0) is 13.6 Å². The maximum absolute atomic E-state index is 13.1. The number of nitrogens with one attached hydrogen (secondary N) is 1. The molecule has 0 radical (unpaired) electrons. The molecule has 0 aliphatic carbocycles. The lowest BCUT2D eigenvalue weighted by molar-refractivity contribution is 0.0935. The Morgan fingerprint density at radius 3 is 2.07 bits per heavy atom. The summed E-state index contributed by atoms with van der Waals surface area (Å²) in [4.78, 5) is 12.7. The van der Waals surface area contributed by atoms with Gasteiger partial charge in [-0.3, -0.25) is 9.36 Å². The maximum Gasteiger partial charge on any atom is 0.361 e. The second-order valence-corrected chi connectivity index (χ2v) is 8.78. The van der Waals surface area contributed by atoms with Crippen LogP contribution in [0.3, 0.4) is 0 Å². The number of amides is 1. The Bertz CT molecular complexity index is 1020. The topological polar surface area (TPSA) is 104 Å². The van der Waals surface area contributed by atoms with E-state index in [0.29, 0.717) is 11.1 Å². The number of aromatic nitrogens is 2. The third-order valence-electron chi connectivity index (χ3n) is 4.38. The second-order valence-electron chi connectivity index (χ2n) is 6.46. The van der Waals surface area contributed by atoms with Crippen molar-refractivity contribution in [3.63, 3.8) is 0 Å². The molecule has 0 fully saturated rings. The van der Waals surface area contributed by atoms with Gasteiger partial charge in [-0.1, -0.05) is 35.4 Å². The van der Waals surface area contributed by atoms with Crippen LogP contribution < -0.4 is 5.32 Å². The molecule has 152 valence electrons. The van der Waals surface area contributed by atoms with Crippen molar-refractivity contribution in [1.29, 1.82) is 0 Å². The quantitative estimate of drug-likeness (QED) is 0.575. The van der Waals surface area contributed by atoms with Gasteiger partial charge in [-0.2, -0.15) is 0 Å². The first kappa shape index (κ1) is 20.9. The Balaban J connectivity index is 1.94. The Morgan fingerprint density at radius 1 is 0.966 bits per heavy atom. The molecule has 3 aromatic rings. The standard InChI is InChI=1S/C20H22N3O5P/c1-13-5-9-15(10-6-13)17(24)21-20(29(25,26-3)27-4)19-23-22-18(28-19)16-11-7-14(2)8-12-16/h5-12,20H,1-4H3,(H,21,24)/t20-/m0/s1. The fourth-order valence-electron chi connectivity index (χ4n) is 2.63. The molecule has 0 aliphatic rings. The van der Waals surface area contributed by atoms with Crippen molar-refractivity contribution in [1.82, 2.24) is 15.5 Å². The fourth-order valence-corrected chi connectivity index (χ4v) is 3.85. The molecule has 0 saturated carbocycles. The van der Waals surface area contributed by atoms with E-state index >= 15 is 0 Å². The zero-order chi connectivity index (χ0) is 21.0. The zero-order valence-corrected chi connectivity index (χ0v) is 17.5. The van der Waals surface area contributed by atoms with Gasteiger partial charge in [0, 0.05) is 25.3 Å². The Hall–Kier alpha value is -2.80. The van der Waals surface area contributed by atoms with Crippen LogP contribution in [0.2, 0.25) is 0 Å². The van der Waals surface area contributed by atoms with Gasteiger partial charge < -0.3 is 18.8 Å². The van der Waals surface area contributed by atoms with Crippen LogP contribution in [0.4, 0.5) is 0 Å². The maximum atomic E-state index is 13.1. The van der Waals surface area contributed by atoms with Gasteiger partial charge in [-0.25, -0.2) is 0 Å². The third-order valence-corrected chi connectivity index (χ3v) is 6.38. The summed E-state index contributed by atoms with van der Waals surface area (Å²) in [6, 6.07) is 14.4. The molecule has 2 aromatic carbocycles. The Kier molecular flexibility index (Phi) is 6.27. The predicted octanol–water partition coefficient (Wildman–Crippen LogP) is 4.27. The predicted molar refractivity (Wildman–Crippen MR) is 107 cm³/mol. The van der Waals surface area contributed by atoms with Gasteiger partial charge in [0.25, 0.3) is 11.8 Å². The molecule has 3 rings (SSSR count). The molecule has 1 N–H and O–H groups in total. The van der Waals surface area contributed by atoms with Crippen molar-refractivity contribution in [3.8, 4) is 11.5 Å². The van der Waals surface area contributed by atoms with Crippen molar-refractivity contribution >= 4 is 13.5 Å². The molecular formula is C20H22N3O5P. The van der Waals surface area contributed by atoms with E-state index in [1.165, 1.54) is 14.2 Å². The summed E-state index contributed by atoms with van der Waals surface area (Å²) in [6.45, 7) is 3.88. The number of hydrogen-bond donors (Lipinski definition) is 1. The molecule has 0 aliphatic heterocycles. The van der Waals surface area contributed by atoms with Crippen LogP contribution in [0, 0.1) is 13.8 Å². The monoisotopic (exact) mass is 415 g/mol. The first-order valence-corrected chi connectivity index (χ1v) is 10.5. The molecule has 8 nitrogen and oxygen atoms in total. The average molecular weight is 415 g/mol. The number of rotatable bonds is 7. The molecule has 29 heavy (non-hydrogen) atoms. The molecule has 9 heteroatoms. The van der Waals surface area contributed by atoms with E-state index in [9.17, 15) is 9.36 Å². The highest BCUT2D eigenvalue weighted by Crippen LogP contribution is 2.58. The second kappa shape index (κ2) is 8.69. The minimum Gasteiger partial charge on any atom is -0.418 e. The summed E-state index contributed by atoms with van der Waals surface area (Å²) in [7, 11) is -1.35. The summed E-state index contributed by atoms with van der Waals surface area (Å²) in [5, 5.41) is 10.6. The summed E-state index contributed by atoms with van der Waals surface area (Å²) < 4.78 is 28.9. The van der Waals surface area contributed by atoms with Crippen molar-refractivity contribution in [3.05, 3.63) is 71.1 Å². The van der Waals surface area contributed by atoms with Gasteiger partial charge in [0.05, 0.1) is 0 Å². The van der Waals surface area contributed by atoms with E-state index in [1.54, 1.807) is 24.3 Å². The summed E-state index contributed by atoms with van der Waals surface area (Å²) in [6.07, 6.45) is 0. The normalized spacial score (nSPS) is 12.6. The smallest absolute Gasteiger partial charge is 0.361 e. The van der Waals surface area contributed by atoms with Crippen LogP contribution in [0.25, 0.3) is 11.5 Å². The lowest BCUT2D eigenvalue weighted by Gasteiger charge is -2.22. The first-order chi connectivity index (χ1) is 13.9. The van der Waals surface area contributed by atoms with E-state index in [0.717, 1.165) is 11.1 Å². The Morgan fingerprint density at radius 2 is 1.52 bits per heavy atom. The molecule has 1 heterocycles. The van der Waals surface area contributed by atoms with Gasteiger partial charge in [-0.15, -0.1) is 10.2 Å². The number of hydrogen-bond acceptors (Lipinski definition) is 7. The van der Waals surface area contributed by atoms with E-state index in [-0.39, 0.29) is 11.8 Å². The Labute approximate surface area is 168 Å². The first-order valence-electron chi connectivity index (χ1n) is 8.85. The van der Waals surface area contributed by atoms with Crippen molar-refractivity contribution in [2.24, 2.45) is 0 Å². The van der Waals surface area contributed by atoms with E-state index in [2.05, 4.69) is 15.5 Å². The van der Waals surface area contributed by atoms with Crippen molar-refractivity contribution in [2.45, 2.75) is 19.6 Å². The lowest BCUT2D eigenvalue weighted by atomic mass is 10.1. The van der Waals surface area contributed by atoms with Gasteiger partial charge in [-0.05, 0) is 38.1 Å². The summed E-state index contributed by atoms with van der Waals surface area (Å²) in [5.41, 5.74) is 3.18. The fraction of sp³-hybridized carbons (Fsp3) is 0.250. The SMILES string of the molecule is COP(=O)(OC)[C@H](NC(=O)c1ccc(C)cc1)c1nnc(-c2ccc(C)cc2)o1. The molecule has 1 atom stereocenters. The minimum absolute atomic E-state index is 0.0759. The molecule has 0 saturated heterocycles. The van der Waals surface area contributed by atoms with Gasteiger partial charge in [0.1, 0.15) is 0 Å². The van der Waals surface area contributed by atoms with E-state index in [1.807, 2.05) is 38.1 Å². The van der Waals surface area contributed by atoms with Crippen LogP contribution in [0.15, 0.2) is 52.9 Å². The van der Waals surface area contributed by atoms with Crippen LogP contribution in [0.1, 0.15) is 33.2 Å². The number of carbonyl (C=O) groups is 1. The number of aryl methyl sites for hydroxylation is 2. The highest BCUT2D eigenvalue weighted by Gasteiger charge is 2.41. The van der Waals surface area contributed by atoms with E-state index in [4.69, 9.17) is 13.5 Å². The number of benzene rings is 2. The molecule has 0 spiro atoms. The lowest BCUT2D eigenvalue weighted by Crippen LogP contribution is -2.29. The van der Waals surface area contributed by atoms with Gasteiger partial charge in [0.15, 0.2) is 0 Å². The van der Waals surface area contributed by atoms with Gasteiger partial charge in [0.2, 0.25) is 11.7 Å². The largest absolute Gasteiger partial charge is 0.418 e. The average Bonchev–Trinajstić information content (AvgIpc) is 3.22. The molecular weight excluding hydrogens is 393 g/mol. The van der Waals surface area contributed by atoms with Crippen LogP contribution in [0.5, 0.6) is 0 Å². The van der Waals surface area contributed by atoms with Crippen molar-refractivity contribution < 1.29 is 22.8 Å². The van der Waals surface area contributed by atoms with Crippen LogP contribution in [-0.4, -0.2) is 30.3 Å². The summed E-state index contributed by atoms with van der Waals surface area (Å²) >= 11 is 0. The van der Waals surface area contributed by atoms with Gasteiger partial charge >= 0.3 is 7.60 Å². The molecule has 1 aromatic heterocycles. The number of nitrogens with zero attached hydrogens (tertiary/aromatic N) is 2. The van der Waals surface area contributed by atoms with E-state index < -0.39 is 19.3 Å². The van der Waals surface area contributed by atoms with Crippen LogP contribution >= 0.6 is 7.60 Å². The highest BCUT2D eigenvalue weighted by atomic mass is 31.2. The molecule has 1 amide bonds. The number of carbonyl (C=O) groups excluding carboxylic acids is 1.